The van der Waals surface area contributed by atoms with Crippen molar-refractivity contribution in [2.24, 2.45) is 0 Å². The highest BCUT2D eigenvalue weighted by Crippen LogP contribution is 2.41. The summed E-state index contributed by atoms with van der Waals surface area (Å²) in [7, 11) is 4.60. The highest BCUT2D eigenvalue weighted by Gasteiger charge is 2.21. The van der Waals surface area contributed by atoms with E-state index in [9.17, 15) is 4.79 Å². The Labute approximate surface area is 185 Å². The van der Waals surface area contributed by atoms with Gasteiger partial charge in [-0.25, -0.2) is 4.98 Å². The second-order valence-electron chi connectivity index (χ2n) is 7.57. The Bertz CT molecular complexity index is 1100. The highest BCUT2D eigenvalue weighted by atomic mass is 32.1. The molecule has 7 nitrogen and oxygen atoms in total. The third kappa shape index (κ3) is 4.12. The largest absolute Gasteiger partial charge is 0.493 e. The molecule has 3 aromatic rings. The lowest BCUT2D eigenvalue weighted by molar-refractivity contribution is 0.103. The Hall–Kier alpha value is -3.00. The number of nitrogen functional groups attached to an aromatic ring is 1. The molecule has 0 fully saturated rings. The molecule has 1 aromatic carbocycles. The Balaban J connectivity index is 1.67. The van der Waals surface area contributed by atoms with Crippen LogP contribution in [-0.4, -0.2) is 32.2 Å². The first kappa shape index (κ1) is 21.2. The number of thiophene rings is 1. The molecule has 1 aliphatic carbocycles. The summed E-state index contributed by atoms with van der Waals surface area (Å²) in [5.41, 5.74) is 9.79. The van der Waals surface area contributed by atoms with Gasteiger partial charge in [0.25, 0.3) is 5.91 Å². The van der Waals surface area contributed by atoms with E-state index < -0.39 is 0 Å². The average Bonchev–Trinajstić information content (AvgIpc) is 3.08. The predicted octanol–water partition coefficient (Wildman–Crippen LogP) is 4.82. The van der Waals surface area contributed by atoms with Gasteiger partial charge in [-0.05, 0) is 37.3 Å². The SMILES string of the molecule is COc1cc(NC(=O)c2sc3nc4c(cc3c2N)CCCCCC4)cc(OC)c1OC. The van der Waals surface area contributed by atoms with Crippen LogP contribution in [0.3, 0.4) is 0 Å². The van der Waals surface area contributed by atoms with E-state index in [4.69, 9.17) is 24.9 Å². The normalized spacial score (nSPS) is 13.8. The maximum Gasteiger partial charge on any atom is 0.267 e. The first-order chi connectivity index (χ1) is 15.0. The molecule has 3 N–H and O–H groups in total. The molecule has 1 amide bonds. The van der Waals surface area contributed by atoms with Gasteiger partial charge in [0.1, 0.15) is 9.71 Å². The van der Waals surface area contributed by atoms with E-state index in [-0.39, 0.29) is 5.91 Å². The van der Waals surface area contributed by atoms with Gasteiger partial charge in [0.2, 0.25) is 5.75 Å². The number of carbonyl (C=O) groups excluding carboxylic acids is 1. The van der Waals surface area contributed by atoms with Gasteiger partial charge < -0.3 is 25.3 Å². The molecular weight excluding hydrogens is 414 g/mol. The molecule has 0 spiro atoms. The molecule has 31 heavy (non-hydrogen) atoms. The lowest BCUT2D eigenvalue weighted by Crippen LogP contribution is -2.12. The number of fused-ring (bicyclic) bond motifs is 2. The second kappa shape index (κ2) is 9.01. The van der Waals surface area contributed by atoms with Gasteiger partial charge in [-0.1, -0.05) is 12.8 Å². The first-order valence-corrected chi connectivity index (χ1v) is 11.2. The molecule has 0 radical (unpaired) electrons. The monoisotopic (exact) mass is 441 g/mol. The predicted molar refractivity (Wildman–Crippen MR) is 124 cm³/mol. The number of ether oxygens (including phenoxy) is 3. The Morgan fingerprint density at radius 3 is 2.32 bits per heavy atom. The number of benzene rings is 1. The van der Waals surface area contributed by atoms with E-state index in [0.717, 1.165) is 35.2 Å². The molecule has 0 bridgehead atoms. The molecule has 0 atom stereocenters. The number of pyridine rings is 1. The van der Waals surface area contributed by atoms with Crippen LogP contribution in [0.5, 0.6) is 17.2 Å². The maximum atomic E-state index is 13.1. The molecule has 0 saturated carbocycles. The zero-order valence-corrected chi connectivity index (χ0v) is 18.9. The lowest BCUT2D eigenvalue weighted by Gasteiger charge is -2.14. The number of nitrogens with zero attached hydrogens (tertiary/aromatic N) is 1. The smallest absolute Gasteiger partial charge is 0.267 e. The van der Waals surface area contributed by atoms with Gasteiger partial charge in [-0.15, -0.1) is 11.3 Å². The summed E-state index contributed by atoms with van der Waals surface area (Å²) in [5.74, 6) is 1.10. The first-order valence-electron chi connectivity index (χ1n) is 10.4. The summed E-state index contributed by atoms with van der Waals surface area (Å²) in [6.07, 6.45) is 6.81. The van der Waals surface area contributed by atoms with Crippen LogP contribution in [0.2, 0.25) is 0 Å². The average molecular weight is 442 g/mol. The van der Waals surface area contributed by atoms with Crippen LogP contribution in [0, 0.1) is 0 Å². The zero-order valence-electron chi connectivity index (χ0n) is 18.0. The fraction of sp³-hybridized carbons (Fsp3) is 0.391. The quantitative estimate of drug-likeness (QED) is 0.590. The van der Waals surface area contributed by atoms with Crippen molar-refractivity contribution in [3.8, 4) is 17.2 Å². The number of hydrogen-bond acceptors (Lipinski definition) is 7. The van der Waals surface area contributed by atoms with Crippen LogP contribution >= 0.6 is 11.3 Å². The number of aromatic nitrogens is 1. The molecule has 164 valence electrons. The number of aryl methyl sites for hydroxylation is 2. The number of rotatable bonds is 5. The Kier molecular flexibility index (Phi) is 6.18. The molecule has 0 saturated heterocycles. The van der Waals surface area contributed by atoms with Gasteiger partial charge in [0.05, 0.1) is 27.0 Å². The van der Waals surface area contributed by atoms with E-state index in [1.165, 1.54) is 57.5 Å². The van der Waals surface area contributed by atoms with Crippen molar-refractivity contribution in [1.29, 1.82) is 0 Å². The van der Waals surface area contributed by atoms with Crippen molar-refractivity contribution in [1.82, 2.24) is 4.98 Å². The van der Waals surface area contributed by atoms with Crippen molar-refractivity contribution in [2.45, 2.75) is 38.5 Å². The van der Waals surface area contributed by atoms with Gasteiger partial charge in [0.15, 0.2) is 11.5 Å². The molecule has 2 heterocycles. The molecule has 4 rings (SSSR count). The van der Waals surface area contributed by atoms with E-state index >= 15 is 0 Å². The highest BCUT2D eigenvalue weighted by molar-refractivity contribution is 7.21. The molecule has 2 aromatic heterocycles. The van der Waals surface area contributed by atoms with E-state index in [1.807, 2.05) is 0 Å². The number of nitrogens with two attached hydrogens (primary N) is 1. The van der Waals surface area contributed by atoms with Crippen molar-refractivity contribution < 1.29 is 19.0 Å². The van der Waals surface area contributed by atoms with Crippen LogP contribution in [0.25, 0.3) is 10.2 Å². The van der Waals surface area contributed by atoms with E-state index in [1.54, 1.807) is 12.1 Å². The fourth-order valence-corrected chi connectivity index (χ4v) is 5.01. The number of nitrogens with one attached hydrogen (secondary N) is 1. The van der Waals surface area contributed by atoms with Crippen molar-refractivity contribution in [3.63, 3.8) is 0 Å². The summed E-state index contributed by atoms with van der Waals surface area (Å²) >= 11 is 1.33. The van der Waals surface area contributed by atoms with Crippen LogP contribution < -0.4 is 25.3 Å². The summed E-state index contributed by atoms with van der Waals surface area (Å²) in [5, 5.41) is 3.76. The van der Waals surface area contributed by atoms with E-state index in [2.05, 4.69) is 11.4 Å². The minimum absolute atomic E-state index is 0.290. The zero-order chi connectivity index (χ0) is 22.0. The maximum absolute atomic E-state index is 13.1. The van der Waals surface area contributed by atoms with Crippen LogP contribution in [0.4, 0.5) is 11.4 Å². The van der Waals surface area contributed by atoms with Gasteiger partial charge in [-0.3, -0.25) is 4.79 Å². The minimum atomic E-state index is -0.290. The molecule has 1 aliphatic rings. The summed E-state index contributed by atoms with van der Waals surface area (Å²) in [4.78, 5) is 19.2. The summed E-state index contributed by atoms with van der Waals surface area (Å²) < 4.78 is 16.1. The number of hydrogen-bond donors (Lipinski definition) is 2. The minimum Gasteiger partial charge on any atom is -0.493 e. The molecular formula is C23H27N3O4S. The fourth-order valence-electron chi connectivity index (χ4n) is 4.02. The summed E-state index contributed by atoms with van der Waals surface area (Å²) in [6, 6.07) is 5.50. The lowest BCUT2D eigenvalue weighted by atomic mass is 9.96. The number of anilines is 2. The molecule has 0 aliphatic heterocycles. The van der Waals surface area contributed by atoms with Crippen molar-refractivity contribution in [2.75, 3.05) is 32.4 Å². The van der Waals surface area contributed by atoms with E-state index in [0.29, 0.717) is 33.5 Å². The van der Waals surface area contributed by atoms with Crippen LogP contribution in [-0.2, 0) is 12.8 Å². The van der Waals surface area contributed by atoms with Gasteiger partial charge in [0, 0.05) is 28.9 Å². The summed E-state index contributed by atoms with van der Waals surface area (Å²) in [6.45, 7) is 0. The van der Waals surface area contributed by atoms with Gasteiger partial charge >= 0.3 is 0 Å². The Morgan fingerprint density at radius 1 is 1.00 bits per heavy atom. The van der Waals surface area contributed by atoms with Crippen molar-refractivity contribution in [3.05, 3.63) is 34.3 Å². The third-order valence-electron chi connectivity index (χ3n) is 5.63. The van der Waals surface area contributed by atoms with Crippen LogP contribution in [0.1, 0.15) is 46.6 Å². The second-order valence-corrected chi connectivity index (χ2v) is 8.57. The van der Waals surface area contributed by atoms with Gasteiger partial charge in [-0.2, -0.15) is 0 Å². The number of methoxy groups -OCH3 is 3. The third-order valence-corrected chi connectivity index (χ3v) is 6.74. The van der Waals surface area contributed by atoms with Crippen molar-refractivity contribution >= 4 is 38.8 Å². The molecule has 8 heteroatoms. The number of amides is 1. The molecule has 0 unspecified atom stereocenters. The van der Waals surface area contributed by atoms with Crippen LogP contribution in [0.15, 0.2) is 18.2 Å². The standard InChI is InChI=1S/C23H27N3O4S/c1-28-17-11-14(12-18(29-2)20(17)30-3)25-22(27)21-19(24)15-10-13-8-6-4-5-7-9-16(13)26-23(15)31-21/h10-12H,4-9,24H2,1-3H3,(H,25,27). The topological polar surface area (TPSA) is 95.7 Å². The Morgan fingerprint density at radius 2 is 1.68 bits per heavy atom. The number of carbonyl (C=O) groups is 1.